The summed E-state index contributed by atoms with van der Waals surface area (Å²) in [6.07, 6.45) is 0.770. The molecule has 0 spiro atoms. The molecule has 3 aromatic rings. The number of amides is 1. The molecular formula is C24H26Cl2N2O5. The predicted octanol–water partition coefficient (Wildman–Crippen LogP) is 5.33. The Kier molecular flexibility index (Phi) is 9.66. The number of nitrogens with one attached hydrogen (secondary N) is 1. The number of methoxy groups -OCH3 is 3. The number of halogens is 2. The van der Waals surface area contributed by atoms with Gasteiger partial charge in [0.2, 0.25) is 11.5 Å². The summed E-state index contributed by atoms with van der Waals surface area (Å²) in [5.41, 5.74) is 7.37. The van der Waals surface area contributed by atoms with Crippen molar-refractivity contribution in [3.63, 3.8) is 0 Å². The molecule has 0 aliphatic rings. The molecule has 0 aliphatic carbocycles. The Hall–Kier alpha value is -3.13. The van der Waals surface area contributed by atoms with E-state index in [-0.39, 0.29) is 29.5 Å². The highest BCUT2D eigenvalue weighted by molar-refractivity contribution is 6.34. The van der Waals surface area contributed by atoms with Crippen LogP contribution in [0.3, 0.4) is 0 Å². The number of nitrogens with two attached hydrogens (primary N) is 1. The van der Waals surface area contributed by atoms with Crippen LogP contribution in [0.4, 0.5) is 5.69 Å². The Morgan fingerprint density at radius 1 is 0.939 bits per heavy atom. The number of carbonyl (C=O) groups is 1. The molecule has 0 radical (unpaired) electrons. The Balaban J connectivity index is 0.00000385. The minimum absolute atomic E-state index is 0. The number of anilines is 1. The summed E-state index contributed by atoms with van der Waals surface area (Å²) in [6, 6.07) is 16.0. The third-order valence-corrected chi connectivity index (χ3v) is 5.05. The zero-order valence-corrected chi connectivity index (χ0v) is 20.1. The molecule has 3 rings (SSSR count). The van der Waals surface area contributed by atoms with E-state index < -0.39 is 5.91 Å². The van der Waals surface area contributed by atoms with E-state index in [9.17, 15) is 4.79 Å². The summed E-state index contributed by atoms with van der Waals surface area (Å²) in [5, 5.41) is 3.20. The van der Waals surface area contributed by atoms with Crippen LogP contribution < -0.4 is 30.0 Å². The second-order valence-electron chi connectivity index (χ2n) is 6.74. The first kappa shape index (κ1) is 26.1. The number of rotatable bonds is 9. The molecule has 3 aromatic carbocycles. The molecule has 0 unspecified atom stereocenters. The highest BCUT2D eigenvalue weighted by atomic mass is 35.5. The van der Waals surface area contributed by atoms with E-state index in [0.717, 1.165) is 12.0 Å². The van der Waals surface area contributed by atoms with Crippen molar-refractivity contribution in [3.8, 4) is 28.7 Å². The van der Waals surface area contributed by atoms with Crippen molar-refractivity contribution in [2.24, 2.45) is 5.73 Å². The number of hydrogen-bond donors (Lipinski definition) is 2. The summed E-state index contributed by atoms with van der Waals surface area (Å²) in [7, 11) is 4.39. The van der Waals surface area contributed by atoms with Crippen LogP contribution in [0.5, 0.6) is 28.7 Å². The van der Waals surface area contributed by atoms with Crippen molar-refractivity contribution in [1.82, 2.24) is 0 Å². The molecule has 0 saturated carbocycles. The SMILES string of the molecule is COc1c(Oc2ccc(CCN)cc2)cc(C(=O)Nc2ccccc2Cl)c(OC)c1OC.Cl. The first-order valence-electron chi connectivity index (χ1n) is 9.88. The van der Waals surface area contributed by atoms with Crippen LogP contribution in [0.25, 0.3) is 0 Å². The molecule has 9 heteroatoms. The van der Waals surface area contributed by atoms with E-state index in [0.29, 0.717) is 34.5 Å². The van der Waals surface area contributed by atoms with E-state index in [1.165, 1.54) is 21.3 Å². The van der Waals surface area contributed by atoms with E-state index in [4.69, 9.17) is 36.3 Å². The second kappa shape index (κ2) is 12.2. The topological polar surface area (TPSA) is 92.0 Å². The van der Waals surface area contributed by atoms with Gasteiger partial charge in [-0.1, -0.05) is 35.9 Å². The quantitative estimate of drug-likeness (QED) is 0.419. The summed E-state index contributed by atoms with van der Waals surface area (Å²) >= 11 is 6.19. The van der Waals surface area contributed by atoms with Crippen LogP contribution >= 0.6 is 24.0 Å². The lowest BCUT2D eigenvalue weighted by Gasteiger charge is -2.19. The lowest BCUT2D eigenvalue weighted by molar-refractivity contribution is 0.102. The number of carbonyl (C=O) groups excluding carboxylic acids is 1. The average Bonchev–Trinajstić information content (AvgIpc) is 2.81. The molecule has 176 valence electrons. The normalized spacial score (nSPS) is 10.1. The van der Waals surface area contributed by atoms with Gasteiger partial charge in [-0.15, -0.1) is 12.4 Å². The molecule has 0 fully saturated rings. The summed E-state index contributed by atoms with van der Waals surface area (Å²) in [4.78, 5) is 13.1. The van der Waals surface area contributed by atoms with E-state index >= 15 is 0 Å². The van der Waals surface area contributed by atoms with E-state index in [2.05, 4.69) is 5.32 Å². The number of para-hydroxylation sites is 1. The van der Waals surface area contributed by atoms with Crippen LogP contribution in [0.2, 0.25) is 5.02 Å². The second-order valence-corrected chi connectivity index (χ2v) is 7.15. The molecule has 0 bridgehead atoms. The van der Waals surface area contributed by atoms with Gasteiger partial charge in [0.15, 0.2) is 11.5 Å². The molecule has 33 heavy (non-hydrogen) atoms. The molecule has 0 atom stereocenters. The first-order valence-corrected chi connectivity index (χ1v) is 10.3. The van der Waals surface area contributed by atoms with Gasteiger partial charge in [0.25, 0.3) is 5.91 Å². The van der Waals surface area contributed by atoms with Crippen molar-refractivity contribution < 1.29 is 23.7 Å². The van der Waals surface area contributed by atoms with Gasteiger partial charge >= 0.3 is 0 Å². The van der Waals surface area contributed by atoms with Crippen LogP contribution in [-0.2, 0) is 6.42 Å². The summed E-state index contributed by atoms with van der Waals surface area (Å²) < 4.78 is 22.5. The molecule has 0 aromatic heterocycles. The van der Waals surface area contributed by atoms with Crippen LogP contribution in [0.1, 0.15) is 15.9 Å². The molecular weight excluding hydrogens is 467 g/mol. The van der Waals surface area contributed by atoms with Gasteiger partial charge in [-0.25, -0.2) is 0 Å². The van der Waals surface area contributed by atoms with Gasteiger partial charge in [0, 0.05) is 6.07 Å². The van der Waals surface area contributed by atoms with Gasteiger partial charge in [0.05, 0.1) is 37.6 Å². The van der Waals surface area contributed by atoms with Crippen molar-refractivity contribution >= 4 is 35.6 Å². The highest BCUT2D eigenvalue weighted by Crippen LogP contribution is 2.48. The third-order valence-electron chi connectivity index (χ3n) is 4.72. The fourth-order valence-corrected chi connectivity index (χ4v) is 3.38. The standard InChI is InChI=1S/C24H25ClN2O5.ClH/c1-29-21-17(24(28)27-19-7-5-4-6-18(19)25)14-20(22(30-2)23(21)31-3)32-16-10-8-15(9-11-16)12-13-26;/h4-11,14H,12-13,26H2,1-3H3,(H,27,28);1H. The van der Waals surface area contributed by atoms with Crippen molar-refractivity contribution in [2.75, 3.05) is 33.2 Å². The van der Waals surface area contributed by atoms with Gasteiger partial charge in [0.1, 0.15) is 5.75 Å². The fraction of sp³-hybridized carbons (Fsp3) is 0.208. The monoisotopic (exact) mass is 492 g/mol. The average molecular weight is 493 g/mol. The summed E-state index contributed by atoms with van der Waals surface area (Å²) in [5.74, 6) is 1.15. The van der Waals surface area contributed by atoms with Gasteiger partial charge in [-0.05, 0) is 42.8 Å². The Morgan fingerprint density at radius 2 is 1.58 bits per heavy atom. The smallest absolute Gasteiger partial charge is 0.259 e. The summed E-state index contributed by atoms with van der Waals surface area (Å²) in [6.45, 7) is 0.563. The molecule has 3 N–H and O–H groups in total. The van der Waals surface area contributed by atoms with Gasteiger partial charge in [-0.2, -0.15) is 0 Å². The third kappa shape index (κ3) is 6.01. The Bertz CT molecular complexity index is 1090. The minimum Gasteiger partial charge on any atom is -0.492 e. The maximum Gasteiger partial charge on any atom is 0.259 e. The van der Waals surface area contributed by atoms with E-state index in [1.54, 1.807) is 30.3 Å². The van der Waals surface area contributed by atoms with E-state index in [1.807, 2.05) is 24.3 Å². The number of benzene rings is 3. The molecule has 7 nitrogen and oxygen atoms in total. The van der Waals surface area contributed by atoms with Crippen LogP contribution in [-0.4, -0.2) is 33.8 Å². The predicted molar refractivity (Wildman–Crippen MR) is 132 cm³/mol. The van der Waals surface area contributed by atoms with Crippen molar-refractivity contribution in [2.45, 2.75) is 6.42 Å². The highest BCUT2D eigenvalue weighted by Gasteiger charge is 2.26. The zero-order chi connectivity index (χ0) is 23.1. The minimum atomic E-state index is -0.445. The molecule has 0 aliphatic heterocycles. The largest absolute Gasteiger partial charge is 0.492 e. The first-order chi connectivity index (χ1) is 15.5. The number of hydrogen-bond acceptors (Lipinski definition) is 6. The molecule has 0 saturated heterocycles. The maximum atomic E-state index is 13.1. The maximum absolute atomic E-state index is 13.1. The molecule has 0 heterocycles. The lowest BCUT2D eigenvalue weighted by atomic mass is 10.1. The Labute approximate surface area is 204 Å². The van der Waals surface area contributed by atoms with Crippen LogP contribution in [0, 0.1) is 0 Å². The fourth-order valence-electron chi connectivity index (χ4n) is 3.20. The van der Waals surface area contributed by atoms with Gasteiger partial charge < -0.3 is 30.0 Å². The lowest BCUT2D eigenvalue weighted by Crippen LogP contribution is -2.14. The Morgan fingerprint density at radius 3 is 2.15 bits per heavy atom. The number of ether oxygens (including phenoxy) is 4. The van der Waals surface area contributed by atoms with Crippen molar-refractivity contribution in [3.05, 3.63) is 70.7 Å². The van der Waals surface area contributed by atoms with Crippen molar-refractivity contribution in [1.29, 1.82) is 0 Å². The molecule has 1 amide bonds. The van der Waals surface area contributed by atoms with Gasteiger partial charge in [-0.3, -0.25) is 4.79 Å². The zero-order valence-electron chi connectivity index (χ0n) is 18.5. The van der Waals surface area contributed by atoms with Crippen LogP contribution in [0.15, 0.2) is 54.6 Å².